The molecule has 0 aliphatic carbocycles. The van der Waals surface area contributed by atoms with Gasteiger partial charge in [0.1, 0.15) is 6.10 Å². The minimum Gasteiger partial charge on any atom is -0.428 e. The second kappa shape index (κ2) is 20.4. The Bertz CT molecular complexity index is 971. The number of benzene rings is 1. The molecule has 3 amide bonds. The first-order valence-corrected chi connectivity index (χ1v) is 14.6. The van der Waals surface area contributed by atoms with Crippen LogP contribution in [-0.4, -0.2) is 107 Å². The van der Waals surface area contributed by atoms with E-state index in [2.05, 4.69) is 5.32 Å². The molecule has 1 unspecified atom stereocenters. The first-order chi connectivity index (χ1) is 19.8. The van der Waals surface area contributed by atoms with E-state index < -0.39 is 24.1 Å². The number of ether oxygens (including phenoxy) is 5. The zero-order valence-electron chi connectivity index (χ0n) is 23.1. The van der Waals surface area contributed by atoms with E-state index in [0.717, 1.165) is 4.90 Å². The number of thioether (sulfide) groups is 1. The van der Waals surface area contributed by atoms with Gasteiger partial charge < -0.3 is 34.7 Å². The SMILES string of the molecule is COCCCC(CSc1ccc(Cl)c(C(=O)NCCOCCOCCOCCN)c1)OC(=O)ON1C(=O)CCC1=O. The summed E-state index contributed by atoms with van der Waals surface area (Å²) in [4.78, 5) is 53.9. The highest BCUT2D eigenvalue weighted by Crippen LogP contribution is 2.27. The van der Waals surface area contributed by atoms with Crippen LogP contribution in [0, 0.1) is 0 Å². The number of halogens is 1. The Kier molecular flexibility index (Phi) is 17.3. The van der Waals surface area contributed by atoms with Crippen LogP contribution in [0.1, 0.15) is 36.0 Å². The Labute approximate surface area is 248 Å². The first kappa shape index (κ1) is 34.7. The van der Waals surface area contributed by atoms with Crippen LogP contribution < -0.4 is 11.1 Å². The van der Waals surface area contributed by atoms with Gasteiger partial charge in [-0.15, -0.1) is 11.8 Å². The van der Waals surface area contributed by atoms with Crippen molar-refractivity contribution in [2.45, 2.75) is 36.7 Å². The fourth-order valence-corrected chi connectivity index (χ4v) is 4.62. The van der Waals surface area contributed by atoms with Gasteiger partial charge in [0, 0.05) is 50.3 Å². The van der Waals surface area contributed by atoms with Gasteiger partial charge in [-0.05, 0) is 31.0 Å². The number of hydrogen-bond donors (Lipinski definition) is 2. The Morgan fingerprint density at radius 3 is 2.34 bits per heavy atom. The van der Waals surface area contributed by atoms with Crippen LogP contribution in [0.15, 0.2) is 23.1 Å². The summed E-state index contributed by atoms with van der Waals surface area (Å²) in [5, 5.41) is 3.49. The van der Waals surface area contributed by atoms with Crippen LogP contribution >= 0.6 is 23.4 Å². The Morgan fingerprint density at radius 1 is 1.02 bits per heavy atom. The summed E-state index contributed by atoms with van der Waals surface area (Å²) in [6.07, 6.45) is -0.727. The fourth-order valence-electron chi connectivity index (χ4n) is 3.44. The van der Waals surface area contributed by atoms with Gasteiger partial charge in [0.05, 0.1) is 50.2 Å². The summed E-state index contributed by atoms with van der Waals surface area (Å²) in [6.45, 7) is 3.73. The fraction of sp³-hybridized carbons (Fsp3) is 0.615. The molecular formula is C26H38ClN3O10S. The average molecular weight is 620 g/mol. The quantitative estimate of drug-likeness (QED) is 0.0893. The molecule has 1 saturated heterocycles. The molecule has 0 spiro atoms. The van der Waals surface area contributed by atoms with E-state index in [9.17, 15) is 19.2 Å². The molecule has 2 rings (SSSR count). The summed E-state index contributed by atoms with van der Waals surface area (Å²) >= 11 is 7.60. The number of carbonyl (C=O) groups is 4. The molecule has 13 nitrogen and oxygen atoms in total. The van der Waals surface area contributed by atoms with Gasteiger partial charge in [-0.25, -0.2) is 4.79 Å². The molecule has 1 heterocycles. The van der Waals surface area contributed by atoms with Gasteiger partial charge in [-0.3, -0.25) is 19.2 Å². The highest BCUT2D eigenvalue weighted by atomic mass is 35.5. The molecule has 0 aromatic heterocycles. The molecule has 1 aliphatic heterocycles. The number of methoxy groups -OCH3 is 1. The third kappa shape index (κ3) is 13.8. The van der Waals surface area contributed by atoms with E-state index in [1.807, 2.05) is 0 Å². The summed E-state index contributed by atoms with van der Waals surface area (Å²) in [5.41, 5.74) is 5.62. The maximum atomic E-state index is 12.7. The van der Waals surface area contributed by atoms with Crippen molar-refractivity contribution in [2.24, 2.45) is 5.73 Å². The van der Waals surface area contributed by atoms with E-state index in [0.29, 0.717) is 82.0 Å². The highest BCUT2D eigenvalue weighted by Gasteiger charge is 2.34. The van der Waals surface area contributed by atoms with Gasteiger partial charge in [-0.1, -0.05) is 16.7 Å². The number of rotatable bonds is 21. The number of imide groups is 1. The van der Waals surface area contributed by atoms with Crippen LogP contribution in [0.25, 0.3) is 0 Å². The van der Waals surface area contributed by atoms with Crippen molar-refractivity contribution in [3.05, 3.63) is 28.8 Å². The predicted molar refractivity (Wildman–Crippen MR) is 150 cm³/mol. The molecule has 0 radical (unpaired) electrons. The van der Waals surface area contributed by atoms with Crippen LogP contribution in [0.5, 0.6) is 0 Å². The van der Waals surface area contributed by atoms with Crippen LogP contribution in [0.3, 0.4) is 0 Å². The van der Waals surface area contributed by atoms with Crippen molar-refractivity contribution < 1.29 is 47.7 Å². The molecule has 0 bridgehead atoms. The minimum absolute atomic E-state index is 0.0137. The molecule has 230 valence electrons. The number of nitrogens with two attached hydrogens (primary N) is 1. The van der Waals surface area contributed by atoms with E-state index in [1.54, 1.807) is 25.3 Å². The minimum atomic E-state index is -1.14. The van der Waals surface area contributed by atoms with Crippen molar-refractivity contribution in [3.63, 3.8) is 0 Å². The van der Waals surface area contributed by atoms with Gasteiger partial charge in [0.15, 0.2) is 0 Å². The van der Waals surface area contributed by atoms with Crippen LogP contribution in [0.4, 0.5) is 4.79 Å². The maximum Gasteiger partial charge on any atom is 0.534 e. The van der Waals surface area contributed by atoms with Crippen molar-refractivity contribution in [2.75, 3.05) is 72.2 Å². The zero-order chi connectivity index (χ0) is 29.9. The Hall–Kier alpha value is -2.46. The molecule has 1 aromatic rings. The second-order valence-electron chi connectivity index (χ2n) is 8.63. The summed E-state index contributed by atoms with van der Waals surface area (Å²) in [7, 11) is 1.56. The van der Waals surface area contributed by atoms with Gasteiger partial charge >= 0.3 is 6.16 Å². The van der Waals surface area contributed by atoms with Crippen molar-refractivity contribution in [1.82, 2.24) is 10.4 Å². The second-order valence-corrected chi connectivity index (χ2v) is 10.1. The third-order valence-electron chi connectivity index (χ3n) is 5.47. The summed E-state index contributed by atoms with van der Waals surface area (Å²) in [6, 6.07) is 5.01. The number of hydroxylamine groups is 2. The van der Waals surface area contributed by atoms with E-state index in [-0.39, 0.29) is 30.3 Å². The van der Waals surface area contributed by atoms with E-state index >= 15 is 0 Å². The molecule has 1 aliphatic rings. The summed E-state index contributed by atoms with van der Waals surface area (Å²) in [5.74, 6) is -1.22. The molecule has 1 fully saturated rings. The lowest BCUT2D eigenvalue weighted by molar-refractivity contribution is -0.178. The van der Waals surface area contributed by atoms with Crippen molar-refractivity contribution >= 4 is 47.2 Å². The Morgan fingerprint density at radius 2 is 1.68 bits per heavy atom. The van der Waals surface area contributed by atoms with Gasteiger partial charge in [0.25, 0.3) is 17.7 Å². The van der Waals surface area contributed by atoms with E-state index in [1.165, 1.54) is 11.8 Å². The number of hydrogen-bond acceptors (Lipinski definition) is 12. The lowest BCUT2D eigenvalue weighted by Crippen LogP contribution is -2.34. The Balaban J connectivity index is 1.78. The van der Waals surface area contributed by atoms with Gasteiger partial charge in [0.2, 0.25) is 0 Å². The van der Waals surface area contributed by atoms with E-state index in [4.69, 9.17) is 45.9 Å². The highest BCUT2D eigenvalue weighted by molar-refractivity contribution is 7.99. The number of nitrogens with one attached hydrogen (secondary N) is 1. The van der Waals surface area contributed by atoms with Crippen LogP contribution in [-0.2, 0) is 38.1 Å². The molecule has 0 saturated carbocycles. The molecule has 1 atom stereocenters. The zero-order valence-corrected chi connectivity index (χ0v) is 24.7. The number of carbonyl (C=O) groups excluding carboxylic acids is 4. The average Bonchev–Trinajstić information content (AvgIpc) is 3.27. The van der Waals surface area contributed by atoms with Crippen molar-refractivity contribution in [1.29, 1.82) is 0 Å². The standard InChI is InChI=1S/C26H38ClN3O10S/c1-35-10-2-3-19(39-26(34)40-30-23(31)6-7-24(30)32)18-41-20-4-5-22(27)21(17-20)25(33)29-9-12-37-14-16-38-15-13-36-11-8-28/h4-5,17,19H,2-3,6-16,18,28H2,1H3,(H,29,33). The predicted octanol–water partition coefficient (Wildman–Crippen LogP) is 2.18. The summed E-state index contributed by atoms with van der Waals surface area (Å²) < 4.78 is 26.5. The molecule has 1 aromatic carbocycles. The topological polar surface area (TPSA) is 165 Å². The van der Waals surface area contributed by atoms with Crippen LogP contribution in [0.2, 0.25) is 5.02 Å². The number of nitrogens with zero attached hydrogens (tertiary/aromatic N) is 1. The molecule has 15 heteroatoms. The monoisotopic (exact) mass is 619 g/mol. The number of amides is 3. The third-order valence-corrected chi connectivity index (χ3v) is 6.92. The molecule has 3 N–H and O–H groups in total. The maximum absolute atomic E-state index is 12.7. The van der Waals surface area contributed by atoms with Gasteiger partial charge in [-0.2, -0.15) is 0 Å². The molecular weight excluding hydrogens is 582 g/mol. The van der Waals surface area contributed by atoms with Crippen molar-refractivity contribution in [3.8, 4) is 0 Å². The first-order valence-electron chi connectivity index (χ1n) is 13.2. The normalized spacial score (nSPS) is 13.9. The lowest BCUT2D eigenvalue weighted by Gasteiger charge is -2.19. The molecule has 41 heavy (non-hydrogen) atoms. The lowest BCUT2D eigenvalue weighted by atomic mass is 10.2. The largest absolute Gasteiger partial charge is 0.534 e. The smallest absolute Gasteiger partial charge is 0.428 e.